The van der Waals surface area contributed by atoms with E-state index in [1.165, 1.54) is 24.3 Å². The van der Waals surface area contributed by atoms with Crippen LogP contribution in [0, 0.1) is 11.2 Å². The highest BCUT2D eigenvalue weighted by atomic mass is 19.1. The van der Waals surface area contributed by atoms with Gasteiger partial charge in [0.1, 0.15) is 28.3 Å². The normalized spacial score (nSPS) is 15.3. The Kier molecular flexibility index (Phi) is 7.74. The summed E-state index contributed by atoms with van der Waals surface area (Å²) in [6, 6.07) is 20.0. The number of rotatable bonds is 7. The van der Waals surface area contributed by atoms with Gasteiger partial charge in [0.15, 0.2) is 0 Å². The summed E-state index contributed by atoms with van der Waals surface area (Å²) in [6.07, 6.45) is 4.23. The summed E-state index contributed by atoms with van der Waals surface area (Å²) >= 11 is 0. The maximum atomic E-state index is 13.2. The molecule has 1 aliphatic heterocycles. The molecule has 0 bridgehead atoms. The molecule has 3 aromatic carbocycles. The molecule has 0 atom stereocenters. The van der Waals surface area contributed by atoms with Crippen LogP contribution in [0.5, 0.6) is 11.5 Å². The highest BCUT2D eigenvalue weighted by Crippen LogP contribution is 2.47. The molecule has 1 saturated carbocycles. The third-order valence-electron chi connectivity index (χ3n) is 7.71. The molecule has 2 N–H and O–H groups in total. The minimum atomic E-state index is -1.15. The Hall–Kier alpha value is -5.25. The quantitative estimate of drug-likeness (QED) is 0.216. The van der Waals surface area contributed by atoms with E-state index in [1.807, 2.05) is 45.0 Å². The molecule has 0 saturated heterocycles. The molecule has 45 heavy (non-hydrogen) atoms. The number of aromatic nitrogens is 1. The van der Waals surface area contributed by atoms with Crippen molar-refractivity contribution >= 4 is 45.8 Å². The lowest BCUT2D eigenvalue weighted by atomic mass is 10.0. The van der Waals surface area contributed by atoms with Gasteiger partial charge in [-0.3, -0.25) is 14.6 Å². The lowest BCUT2D eigenvalue weighted by Gasteiger charge is -2.24. The van der Waals surface area contributed by atoms with Crippen LogP contribution in [0.2, 0.25) is 0 Å². The van der Waals surface area contributed by atoms with E-state index in [0.717, 1.165) is 22.0 Å². The number of fused-ring (bicyclic) bond motifs is 1. The van der Waals surface area contributed by atoms with Gasteiger partial charge in [0.2, 0.25) is 11.8 Å². The van der Waals surface area contributed by atoms with Crippen LogP contribution >= 0.6 is 0 Å². The number of nitrogens with one attached hydrogen (secondary N) is 2. The Balaban J connectivity index is 1.09. The van der Waals surface area contributed by atoms with Gasteiger partial charge in [-0.15, -0.1) is 0 Å². The van der Waals surface area contributed by atoms with Crippen molar-refractivity contribution in [1.29, 1.82) is 0 Å². The van der Waals surface area contributed by atoms with E-state index >= 15 is 0 Å². The van der Waals surface area contributed by atoms with Gasteiger partial charge in [-0.25, -0.2) is 9.18 Å². The van der Waals surface area contributed by atoms with Gasteiger partial charge in [-0.1, -0.05) is 12.1 Å². The number of benzene rings is 3. The van der Waals surface area contributed by atoms with E-state index in [-0.39, 0.29) is 6.09 Å². The molecule has 0 unspecified atom stereocenters. The molecule has 4 aromatic rings. The van der Waals surface area contributed by atoms with Gasteiger partial charge in [-0.2, -0.15) is 0 Å². The fourth-order valence-corrected chi connectivity index (χ4v) is 5.09. The van der Waals surface area contributed by atoms with Crippen molar-refractivity contribution in [2.45, 2.75) is 39.2 Å². The largest absolute Gasteiger partial charge is 0.457 e. The zero-order valence-corrected chi connectivity index (χ0v) is 25.2. The number of hydrogen-bond acceptors (Lipinski definition) is 6. The van der Waals surface area contributed by atoms with E-state index in [9.17, 15) is 18.8 Å². The summed E-state index contributed by atoms with van der Waals surface area (Å²) in [6.45, 7) is 6.49. The zero-order valence-electron chi connectivity index (χ0n) is 25.2. The molecule has 2 heterocycles. The Bertz CT molecular complexity index is 1810. The first-order valence-electron chi connectivity index (χ1n) is 14.7. The van der Waals surface area contributed by atoms with Crippen molar-refractivity contribution in [3.05, 3.63) is 96.4 Å². The molecule has 6 rings (SSSR count). The van der Waals surface area contributed by atoms with Crippen LogP contribution in [-0.2, 0) is 14.3 Å². The molecule has 0 spiro atoms. The highest BCUT2D eigenvalue weighted by Gasteiger charge is 2.56. The summed E-state index contributed by atoms with van der Waals surface area (Å²) in [7, 11) is 0. The van der Waals surface area contributed by atoms with Gasteiger partial charge in [0.25, 0.3) is 0 Å². The van der Waals surface area contributed by atoms with Gasteiger partial charge >= 0.3 is 6.09 Å². The van der Waals surface area contributed by atoms with Crippen molar-refractivity contribution in [1.82, 2.24) is 9.88 Å². The van der Waals surface area contributed by atoms with Crippen LogP contribution < -0.4 is 15.4 Å². The maximum absolute atomic E-state index is 13.2. The lowest BCUT2D eigenvalue weighted by Crippen LogP contribution is -2.35. The average molecular weight is 609 g/mol. The van der Waals surface area contributed by atoms with Crippen molar-refractivity contribution in [3.8, 4) is 11.5 Å². The fraction of sp³-hybridized carbons (Fsp3) is 0.257. The minimum Gasteiger partial charge on any atom is -0.457 e. The molecule has 10 heteroatoms. The van der Waals surface area contributed by atoms with Crippen molar-refractivity contribution in [2.24, 2.45) is 5.41 Å². The number of anilines is 2. The Morgan fingerprint density at radius 3 is 2.16 bits per heavy atom. The topological polar surface area (TPSA) is 110 Å². The van der Waals surface area contributed by atoms with Gasteiger partial charge < -0.3 is 25.0 Å². The van der Waals surface area contributed by atoms with Gasteiger partial charge in [-0.05, 0) is 111 Å². The summed E-state index contributed by atoms with van der Waals surface area (Å²) in [4.78, 5) is 44.6. The van der Waals surface area contributed by atoms with Gasteiger partial charge in [0, 0.05) is 36.0 Å². The van der Waals surface area contributed by atoms with Crippen LogP contribution in [0.25, 0.3) is 16.5 Å². The summed E-state index contributed by atoms with van der Waals surface area (Å²) < 4.78 is 24.9. The molecule has 1 aliphatic carbocycles. The van der Waals surface area contributed by atoms with E-state index < -0.39 is 28.6 Å². The standard InChI is InChI=1S/C35H33FN4O5/c1-34(2,3)45-33(43)40-19-15-23(21-40)22-4-13-28-29(20-22)37-18-14-30(28)44-27-11-9-26(10-12-27)39-32(42)35(16-17-35)31(41)38-25-7-5-24(36)6-8-25/h4-15,18,20H,16-17,19,21H2,1-3H3,(H,38,41)(H,39,42). The Morgan fingerprint density at radius 1 is 0.889 bits per heavy atom. The lowest BCUT2D eigenvalue weighted by molar-refractivity contribution is -0.131. The predicted molar refractivity (Wildman–Crippen MR) is 169 cm³/mol. The number of halogens is 1. The second-order valence-electron chi connectivity index (χ2n) is 12.3. The smallest absolute Gasteiger partial charge is 0.410 e. The minimum absolute atomic E-state index is 0.339. The van der Waals surface area contributed by atoms with Gasteiger partial charge in [0.05, 0.1) is 5.52 Å². The van der Waals surface area contributed by atoms with Crippen LogP contribution in [0.15, 0.2) is 85.1 Å². The Morgan fingerprint density at radius 2 is 1.53 bits per heavy atom. The number of nitrogens with zero attached hydrogens (tertiary/aromatic N) is 2. The van der Waals surface area contributed by atoms with Crippen molar-refractivity contribution in [3.63, 3.8) is 0 Å². The number of pyridine rings is 1. The first-order chi connectivity index (χ1) is 21.5. The van der Waals surface area contributed by atoms with E-state index in [4.69, 9.17) is 9.47 Å². The third-order valence-corrected chi connectivity index (χ3v) is 7.71. The molecule has 3 amide bonds. The molecule has 230 valence electrons. The Labute approximate surface area is 260 Å². The van der Waals surface area contributed by atoms with Crippen LogP contribution in [0.3, 0.4) is 0 Å². The number of hydrogen-bond donors (Lipinski definition) is 2. The monoisotopic (exact) mass is 608 g/mol. The number of ether oxygens (including phenoxy) is 2. The molecule has 9 nitrogen and oxygen atoms in total. The fourth-order valence-electron chi connectivity index (χ4n) is 5.09. The van der Waals surface area contributed by atoms with Crippen LogP contribution in [0.4, 0.5) is 20.6 Å². The molecule has 0 radical (unpaired) electrons. The number of carbonyl (C=O) groups is 3. The summed E-state index contributed by atoms with van der Waals surface area (Å²) in [5, 5.41) is 6.36. The molecule has 1 fully saturated rings. The SMILES string of the molecule is CC(C)(C)OC(=O)N1CC=C(c2ccc3c(Oc4ccc(NC(=O)C5(C(=O)Nc6ccc(F)cc6)CC5)cc4)ccnc3c2)C1. The van der Waals surface area contributed by atoms with Crippen molar-refractivity contribution in [2.75, 3.05) is 23.7 Å². The maximum Gasteiger partial charge on any atom is 0.410 e. The molecular formula is C35H33FN4O5. The third kappa shape index (κ3) is 6.64. The van der Waals surface area contributed by atoms with E-state index in [1.54, 1.807) is 41.4 Å². The molecule has 1 aromatic heterocycles. The number of carbonyl (C=O) groups excluding carboxylic acids is 3. The second kappa shape index (κ2) is 11.7. The molecule has 2 aliphatic rings. The van der Waals surface area contributed by atoms with Crippen LogP contribution in [-0.4, -0.2) is 46.5 Å². The summed E-state index contributed by atoms with van der Waals surface area (Å²) in [5.41, 5.74) is 2.00. The average Bonchev–Trinajstić information content (AvgIpc) is 3.68. The summed E-state index contributed by atoms with van der Waals surface area (Å²) in [5.74, 6) is -0.0284. The highest BCUT2D eigenvalue weighted by molar-refractivity contribution is 6.16. The first-order valence-corrected chi connectivity index (χ1v) is 14.7. The van der Waals surface area contributed by atoms with E-state index in [2.05, 4.69) is 15.6 Å². The van der Waals surface area contributed by atoms with Crippen molar-refractivity contribution < 1.29 is 28.2 Å². The number of amides is 3. The predicted octanol–water partition coefficient (Wildman–Crippen LogP) is 7.16. The van der Waals surface area contributed by atoms with E-state index in [0.29, 0.717) is 48.8 Å². The van der Waals surface area contributed by atoms with Crippen LogP contribution in [0.1, 0.15) is 39.2 Å². The zero-order chi connectivity index (χ0) is 31.8. The first kappa shape index (κ1) is 29.8. The molecular weight excluding hydrogens is 575 g/mol. The second-order valence-corrected chi connectivity index (χ2v) is 12.3.